The molecule has 0 aliphatic carbocycles. The molecule has 0 saturated carbocycles. The third kappa shape index (κ3) is 3.57. The highest BCUT2D eigenvalue weighted by atomic mass is 79.9. The van der Waals surface area contributed by atoms with Crippen molar-refractivity contribution in [2.45, 2.75) is 13.8 Å². The van der Waals surface area contributed by atoms with Crippen LogP contribution in [0.2, 0.25) is 0 Å². The monoisotopic (exact) mass is 393 g/mol. The zero-order chi connectivity index (χ0) is 18.0. The van der Waals surface area contributed by atoms with Crippen molar-refractivity contribution in [3.63, 3.8) is 0 Å². The Morgan fingerprint density at radius 2 is 1.75 bits per heavy atom. The summed E-state index contributed by atoms with van der Waals surface area (Å²) in [5.41, 5.74) is 0.383. The quantitative estimate of drug-likeness (QED) is 0.618. The standard InChI is InChI=1S/C15H12BrN3O5/c1-8-3-4-13(12(16)5-8)17-15(20)11-6-10(18(21)22)7-14(9(11)2)19(23)24/h3-7H,1-2H3,(H,17,20). The molecule has 0 aromatic heterocycles. The fourth-order valence-electron chi connectivity index (χ4n) is 2.13. The maximum absolute atomic E-state index is 12.4. The van der Waals surface area contributed by atoms with E-state index >= 15 is 0 Å². The largest absolute Gasteiger partial charge is 0.321 e. The van der Waals surface area contributed by atoms with Gasteiger partial charge in [0.05, 0.1) is 27.2 Å². The molecular formula is C15H12BrN3O5. The zero-order valence-electron chi connectivity index (χ0n) is 12.7. The summed E-state index contributed by atoms with van der Waals surface area (Å²) in [7, 11) is 0. The molecule has 0 heterocycles. The highest BCUT2D eigenvalue weighted by molar-refractivity contribution is 9.10. The normalized spacial score (nSPS) is 10.3. The molecule has 1 N–H and O–H groups in total. The number of nitrogens with zero attached hydrogens (tertiary/aromatic N) is 2. The third-order valence-corrected chi connectivity index (χ3v) is 4.05. The fourth-order valence-corrected chi connectivity index (χ4v) is 2.72. The summed E-state index contributed by atoms with van der Waals surface area (Å²) < 4.78 is 0.633. The number of carbonyl (C=O) groups excluding carboxylic acids is 1. The number of halogens is 1. The molecule has 0 spiro atoms. The van der Waals surface area contributed by atoms with E-state index in [1.54, 1.807) is 18.2 Å². The number of nitrogens with one attached hydrogen (secondary N) is 1. The van der Waals surface area contributed by atoms with Gasteiger partial charge in [-0.25, -0.2) is 0 Å². The molecule has 2 aromatic rings. The van der Waals surface area contributed by atoms with Crippen molar-refractivity contribution in [2.24, 2.45) is 0 Å². The first-order chi connectivity index (χ1) is 11.2. The number of carbonyl (C=O) groups is 1. The van der Waals surface area contributed by atoms with Gasteiger partial charge in [0.25, 0.3) is 17.3 Å². The van der Waals surface area contributed by atoms with Gasteiger partial charge >= 0.3 is 0 Å². The number of amides is 1. The molecule has 1 amide bonds. The number of hydrogen-bond donors (Lipinski definition) is 1. The van der Waals surface area contributed by atoms with Crippen molar-refractivity contribution in [1.82, 2.24) is 0 Å². The van der Waals surface area contributed by atoms with E-state index in [2.05, 4.69) is 21.2 Å². The summed E-state index contributed by atoms with van der Waals surface area (Å²) in [6.45, 7) is 3.26. The van der Waals surface area contributed by atoms with Crippen LogP contribution in [0.4, 0.5) is 17.1 Å². The van der Waals surface area contributed by atoms with Gasteiger partial charge in [-0.2, -0.15) is 0 Å². The summed E-state index contributed by atoms with van der Waals surface area (Å²) in [5, 5.41) is 24.6. The van der Waals surface area contributed by atoms with E-state index in [-0.39, 0.29) is 11.1 Å². The smallest absolute Gasteiger partial charge is 0.279 e. The van der Waals surface area contributed by atoms with Gasteiger partial charge in [-0.1, -0.05) is 6.07 Å². The molecule has 0 aliphatic rings. The summed E-state index contributed by atoms with van der Waals surface area (Å²) >= 11 is 3.31. The number of non-ortho nitro benzene ring substituents is 1. The van der Waals surface area contributed by atoms with Gasteiger partial charge in [-0.15, -0.1) is 0 Å². The molecule has 24 heavy (non-hydrogen) atoms. The summed E-state index contributed by atoms with van der Waals surface area (Å²) in [6.07, 6.45) is 0. The highest BCUT2D eigenvalue weighted by Gasteiger charge is 2.25. The number of rotatable bonds is 4. The van der Waals surface area contributed by atoms with E-state index in [4.69, 9.17) is 0 Å². The lowest BCUT2D eigenvalue weighted by Gasteiger charge is -2.10. The van der Waals surface area contributed by atoms with Gasteiger partial charge in [0.2, 0.25) is 0 Å². The molecule has 2 aromatic carbocycles. The van der Waals surface area contributed by atoms with Gasteiger partial charge in [-0.3, -0.25) is 25.0 Å². The highest BCUT2D eigenvalue weighted by Crippen LogP contribution is 2.30. The average Bonchev–Trinajstić information content (AvgIpc) is 2.49. The SMILES string of the molecule is Cc1ccc(NC(=O)c2cc([N+](=O)[O-])cc([N+](=O)[O-])c2C)c(Br)c1. The van der Waals surface area contributed by atoms with Crippen LogP contribution in [0.25, 0.3) is 0 Å². The Morgan fingerprint density at radius 1 is 1.08 bits per heavy atom. The van der Waals surface area contributed by atoms with Crippen molar-refractivity contribution in [3.05, 3.63) is 71.7 Å². The lowest BCUT2D eigenvalue weighted by molar-refractivity contribution is -0.394. The van der Waals surface area contributed by atoms with Crippen LogP contribution in [0.5, 0.6) is 0 Å². The van der Waals surface area contributed by atoms with Gasteiger partial charge in [0.15, 0.2) is 0 Å². The first-order valence-electron chi connectivity index (χ1n) is 6.71. The third-order valence-electron chi connectivity index (χ3n) is 3.39. The van der Waals surface area contributed by atoms with Crippen LogP contribution in [0.1, 0.15) is 21.5 Å². The van der Waals surface area contributed by atoms with Crippen molar-refractivity contribution >= 4 is 38.9 Å². The summed E-state index contributed by atoms with van der Waals surface area (Å²) in [4.78, 5) is 32.9. The molecule has 0 unspecified atom stereocenters. The molecule has 9 heteroatoms. The van der Waals surface area contributed by atoms with E-state index in [9.17, 15) is 25.0 Å². The maximum atomic E-state index is 12.4. The zero-order valence-corrected chi connectivity index (χ0v) is 14.3. The second kappa shape index (κ2) is 6.75. The average molecular weight is 394 g/mol. The van der Waals surface area contributed by atoms with E-state index in [1.807, 2.05) is 6.92 Å². The molecule has 0 saturated heterocycles. The van der Waals surface area contributed by atoms with Crippen molar-refractivity contribution in [3.8, 4) is 0 Å². The molecule has 0 atom stereocenters. The molecular weight excluding hydrogens is 382 g/mol. The van der Waals surface area contributed by atoms with Gasteiger partial charge < -0.3 is 5.32 Å². The topological polar surface area (TPSA) is 115 Å². The minimum absolute atomic E-state index is 0.0614. The van der Waals surface area contributed by atoms with E-state index < -0.39 is 27.1 Å². The van der Waals surface area contributed by atoms with Gasteiger partial charge in [0, 0.05) is 16.1 Å². The van der Waals surface area contributed by atoms with Crippen molar-refractivity contribution in [2.75, 3.05) is 5.32 Å². The molecule has 124 valence electrons. The number of nitro groups is 2. The van der Waals surface area contributed by atoms with Crippen LogP contribution in [0.3, 0.4) is 0 Å². The van der Waals surface area contributed by atoms with Crippen LogP contribution in [0, 0.1) is 34.1 Å². The second-order valence-electron chi connectivity index (χ2n) is 5.09. The molecule has 2 rings (SSSR count). The molecule has 0 fully saturated rings. The molecule has 0 aliphatic heterocycles. The van der Waals surface area contributed by atoms with Crippen LogP contribution >= 0.6 is 15.9 Å². The lowest BCUT2D eigenvalue weighted by Crippen LogP contribution is -2.15. The number of aryl methyl sites for hydroxylation is 1. The second-order valence-corrected chi connectivity index (χ2v) is 5.94. The van der Waals surface area contributed by atoms with E-state index in [0.29, 0.717) is 10.2 Å². The van der Waals surface area contributed by atoms with E-state index in [0.717, 1.165) is 17.7 Å². The number of nitro benzene ring substituents is 2. The van der Waals surface area contributed by atoms with E-state index in [1.165, 1.54) is 6.92 Å². The summed E-state index contributed by atoms with van der Waals surface area (Å²) in [6, 6.07) is 7.10. The lowest BCUT2D eigenvalue weighted by atomic mass is 10.0. The minimum Gasteiger partial charge on any atom is -0.321 e. The van der Waals surface area contributed by atoms with Crippen LogP contribution in [-0.4, -0.2) is 15.8 Å². The summed E-state index contributed by atoms with van der Waals surface area (Å²) in [5.74, 6) is -0.663. The molecule has 0 radical (unpaired) electrons. The first kappa shape index (κ1) is 17.5. The Kier molecular flexibility index (Phi) is 4.93. The molecule has 0 bridgehead atoms. The maximum Gasteiger partial charge on any atom is 0.279 e. The van der Waals surface area contributed by atoms with Crippen molar-refractivity contribution in [1.29, 1.82) is 0 Å². The minimum atomic E-state index is -0.773. The van der Waals surface area contributed by atoms with Crippen molar-refractivity contribution < 1.29 is 14.6 Å². The Morgan fingerprint density at radius 3 is 2.29 bits per heavy atom. The predicted molar refractivity (Wildman–Crippen MR) is 91.3 cm³/mol. The van der Waals surface area contributed by atoms with Crippen LogP contribution < -0.4 is 5.32 Å². The Balaban J connectivity index is 2.48. The number of benzene rings is 2. The Hall–Kier alpha value is -2.81. The van der Waals surface area contributed by atoms with Crippen LogP contribution in [0.15, 0.2) is 34.8 Å². The van der Waals surface area contributed by atoms with Crippen LogP contribution in [-0.2, 0) is 0 Å². The van der Waals surface area contributed by atoms with Gasteiger partial charge in [0.1, 0.15) is 0 Å². The predicted octanol–water partition coefficient (Wildman–Crippen LogP) is 4.13. The first-order valence-corrected chi connectivity index (χ1v) is 7.51. The Bertz CT molecular complexity index is 866. The molecule has 8 nitrogen and oxygen atoms in total. The Labute approximate surface area is 144 Å². The van der Waals surface area contributed by atoms with Gasteiger partial charge in [-0.05, 0) is 47.5 Å². The number of anilines is 1. The fraction of sp³-hybridized carbons (Fsp3) is 0.133. The number of hydrogen-bond acceptors (Lipinski definition) is 5.